The van der Waals surface area contributed by atoms with Crippen LogP contribution in [0.25, 0.3) is 0 Å². The second-order valence-corrected chi connectivity index (χ2v) is 10.3. The molecule has 0 heterocycles. The van der Waals surface area contributed by atoms with Crippen molar-refractivity contribution < 1.29 is 23.4 Å². The van der Waals surface area contributed by atoms with Crippen LogP contribution in [0.2, 0.25) is 0 Å². The maximum absolute atomic E-state index is 15.4. The van der Waals surface area contributed by atoms with Crippen LogP contribution in [0.3, 0.4) is 0 Å². The van der Waals surface area contributed by atoms with Crippen LogP contribution in [0.5, 0.6) is 5.75 Å². The summed E-state index contributed by atoms with van der Waals surface area (Å²) in [4.78, 5) is 12.1. The summed E-state index contributed by atoms with van der Waals surface area (Å²) in [5, 5.41) is 11.6. The number of rotatable bonds is 2. The number of carbonyl (C=O) groups excluding carboxylic acids is 1. The maximum atomic E-state index is 15.4. The summed E-state index contributed by atoms with van der Waals surface area (Å²) in [5.74, 6) is 4.91. The van der Waals surface area contributed by atoms with Crippen LogP contribution < -0.4 is 4.74 Å². The molecular weight excluding hydrogens is 422 g/mol. The summed E-state index contributed by atoms with van der Waals surface area (Å²) in [6.07, 6.45) is 6.45. The Morgan fingerprint density at radius 1 is 1.15 bits per heavy atom. The SMILES string of the molecule is CC#C[C@]1(O)CC[C@H]2[C@@H]3CCC4=CC(=O)CCC4=C3[C@@H](c3cc(F)c(OC)cc3F)C[C@@]21C. The van der Waals surface area contributed by atoms with Gasteiger partial charge in [-0.05, 0) is 86.1 Å². The lowest BCUT2D eigenvalue weighted by molar-refractivity contribution is -0.114. The van der Waals surface area contributed by atoms with Crippen LogP contribution in [0, 0.1) is 40.7 Å². The van der Waals surface area contributed by atoms with E-state index in [1.165, 1.54) is 13.2 Å². The van der Waals surface area contributed by atoms with Gasteiger partial charge in [-0.2, -0.15) is 0 Å². The third-order valence-corrected chi connectivity index (χ3v) is 8.86. The van der Waals surface area contributed by atoms with Crippen molar-refractivity contribution in [1.29, 1.82) is 0 Å². The lowest BCUT2D eigenvalue weighted by Gasteiger charge is -2.53. The Morgan fingerprint density at radius 3 is 2.67 bits per heavy atom. The summed E-state index contributed by atoms with van der Waals surface area (Å²) in [5.41, 5.74) is 1.98. The predicted octanol–water partition coefficient (Wildman–Crippen LogP) is 5.63. The van der Waals surface area contributed by atoms with Gasteiger partial charge in [-0.3, -0.25) is 4.79 Å². The number of hydrogen-bond donors (Lipinski definition) is 1. The zero-order valence-electron chi connectivity index (χ0n) is 19.4. The van der Waals surface area contributed by atoms with Crippen molar-refractivity contribution >= 4 is 5.78 Å². The van der Waals surface area contributed by atoms with Gasteiger partial charge in [-0.25, -0.2) is 8.78 Å². The molecule has 2 saturated carbocycles. The molecule has 5 heteroatoms. The molecule has 0 unspecified atom stereocenters. The summed E-state index contributed by atoms with van der Waals surface area (Å²) in [7, 11) is 1.32. The van der Waals surface area contributed by atoms with Gasteiger partial charge < -0.3 is 9.84 Å². The van der Waals surface area contributed by atoms with Gasteiger partial charge in [0.05, 0.1) is 7.11 Å². The summed E-state index contributed by atoms with van der Waals surface area (Å²) in [6.45, 7) is 3.81. The lowest BCUT2D eigenvalue weighted by atomic mass is 9.51. The van der Waals surface area contributed by atoms with E-state index < -0.39 is 22.7 Å². The highest BCUT2D eigenvalue weighted by Crippen LogP contribution is 2.66. The minimum atomic E-state index is -1.15. The number of aliphatic hydroxyl groups is 1. The van der Waals surface area contributed by atoms with Crippen molar-refractivity contribution in [1.82, 2.24) is 0 Å². The number of carbonyl (C=O) groups is 1. The Balaban J connectivity index is 1.73. The van der Waals surface area contributed by atoms with Crippen molar-refractivity contribution in [2.24, 2.45) is 17.3 Å². The van der Waals surface area contributed by atoms with E-state index >= 15 is 4.39 Å². The molecule has 0 radical (unpaired) electrons. The molecule has 174 valence electrons. The van der Waals surface area contributed by atoms with Crippen LogP contribution in [0.1, 0.15) is 70.3 Å². The highest BCUT2D eigenvalue weighted by molar-refractivity contribution is 5.93. The smallest absolute Gasteiger partial charge is 0.165 e. The van der Waals surface area contributed by atoms with Gasteiger partial charge in [0, 0.05) is 23.8 Å². The number of fused-ring (bicyclic) bond motifs is 4. The third kappa shape index (κ3) is 3.21. The van der Waals surface area contributed by atoms with E-state index in [9.17, 15) is 14.3 Å². The molecule has 5 atom stereocenters. The molecule has 0 spiro atoms. The first kappa shape index (κ1) is 22.3. The molecule has 5 rings (SSSR count). The molecule has 1 aromatic carbocycles. The van der Waals surface area contributed by atoms with Crippen LogP contribution in [0.15, 0.2) is 34.9 Å². The van der Waals surface area contributed by atoms with E-state index in [1.807, 2.05) is 0 Å². The average Bonchev–Trinajstić information content (AvgIpc) is 3.04. The standard InChI is InChI=1S/C28H30F2O3/c1-4-10-28(32)11-9-22-19-7-5-16-12-17(31)6-8-18(16)26(19)21(15-27(22,28)2)20-13-24(30)25(33-3)14-23(20)29/h12-14,19,21-22,32H,5-9,11,15H2,1-3H3/t19-,21+,22-,27-,28-/m0/s1. The number of ketones is 1. The predicted molar refractivity (Wildman–Crippen MR) is 122 cm³/mol. The number of methoxy groups -OCH3 is 1. The zero-order chi connectivity index (χ0) is 23.5. The monoisotopic (exact) mass is 452 g/mol. The molecule has 3 nitrogen and oxygen atoms in total. The highest BCUT2D eigenvalue weighted by Gasteiger charge is 2.62. The van der Waals surface area contributed by atoms with E-state index in [-0.39, 0.29) is 29.3 Å². The van der Waals surface area contributed by atoms with Crippen LogP contribution in [-0.4, -0.2) is 23.6 Å². The number of ether oxygens (including phenoxy) is 1. The van der Waals surface area contributed by atoms with Gasteiger partial charge in [-0.1, -0.05) is 18.4 Å². The summed E-state index contributed by atoms with van der Waals surface area (Å²) >= 11 is 0. The Kier molecular flexibility index (Phi) is 5.29. The molecule has 2 fully saturated rings. The fourth-order valence-electron chi connectivity index (χ4n) is 7.32. The molecule has 0 aromatic heterocycles. The van der Waals surface area contributed by atoms with E-state index in [0.717, 1.165) is 42.0 Å². The average molecular weight is 453 g/mol. The fraction of sp³-hybridized carbons (Fsp3) is 0.536. The molecule has 33 heavy (non-hydrogen) atoms. The van der Waals surface area contributed by atoms with E-state index in [4.69, 9.17) is 4.74 Å². The molecule has 0 bridgehead atoms. The fourth-order valence-corrected chi connectivity index (χ4v) is 7.32. The van der Waals surface area contributed by atoms with Crippen LogP contribution in [-0.2, 0) is 4.79 Å². The second kappa shape index (κ2) is 7.81. The van der Waals surface area contributed by atoms with Gasteiger partial charge in [-0.15, -0.1) is 5.92 Å². The third-order valence-electron chi connectivity index (χ3n) is 8.86. The molecular formula is C28H30F2O3. The van der Waals surface area contributed by atoms with Crippen molar-refractivity contribution in [3.05, 3.63) is 52.1 Å². The van der Waals surface area contributed by atoms with Crippen LogP contribution in [0.4, 0.5) is 8.78 Å². The van der Waals surface area contributed by atoms with Gasteiger partial charge >= 0.3 is 0 Å². The largest absolute Gasteiger partial charge is 0.494 e. The quantitative estimate of drug-likeness (QED) is 0.592. The Bertz CT molecular complexity index is 1150. The first-order valence-electron chi connectivity index (χ1n) is 11.9. The van der Waals surface area contributed by atoms with Crippen LogP contribution >= 0.6 is 0 Å². The van der Waals surface area contributed by atoms with Gasteiger partial charge in [0.2, 0.25) is 0 Å². The van der Waals surface area contributed by atoms with Gasteiger partial charge in [0.1, 0.15) is 11.4 Å². The highest BCUT2D eigenvalue weighted by atomic mass is 19.1. The molecule has 4 aliphatic carbocycles. The first-order chi connectivity index (χ1) is 15.7. The van der Waals surface area contributed by atoms with E-state index in [0.29, 0.717) is 31.2 Å². The lowest BCUT2D eigenvalue weighted by Crippen LogP contribution is -2.51. The first-order valence-corrected chi connectivity index (χ1v) is 11.9. The molecule has 4 aliphatic rings. The van der Waals surface area contributed by atoms with Gasteiger partial charge in [0.15, 0.2) is 17.3 Å². The molecule has 0 amide bonds. The van der Waals surface area contributed by atoms with Crippen molar-refractivity contribution in [2.45, 2.75) is 70.3 Å². The van der Waals surface area contributed by atoms with Crippen molar-refractivity contribution in [3.8, 4) is 17.6 Å². The Hall–Kier alpha value is -2.45. The van der Waals surface area contributed by atoms with Crippen molar-refractivity contribution in [2.75, 3.05) is 7.11 Å². The zero-order valence-corrected chi connectivity index (χ0v) is 19.4. The number of allylic oxidation sites excluding steroid dienone is 4. The Morgan fingerprint density at radius 2 is 1.94 bits per heavy atom. The van der Waals surface area contributed by atoms with Gasteiger partial charge in [0.25, 0.3) is 0 Å². The maximum Gasteiger partial charge on any atom is 0.165 e. The topological polar surface area (TPSA) is 46.5 Å². The molecule has 1 aromatic rings. The minimum absolute atomic E-state index is 0.118. The Labute approximate surface area is 193 Å². The molecule has 0 aliphatic heterocycles. The van der Waals surface area contributed by atoms with Crippen molar-refractivity contribution in [3.63, 3.8) is 0 Å². The van der Waals surface area contributed by atoms with E-state index in [1.54, 1.807) is 13.0 Å². The number of benzene rings is 1. The second-order valence-electron chi connectivity index (χ2n) is 10.3. The number of halogens is 2. The normalized spacial score (nSPS) is 35.2. The minimum Gasteiger partial charge on any atom is -0.494 e. The molecule has 0 saturated heterocycles. The van der Waals surface area contributed by atoms with E-state index in [2.05, 4.69) is 18.8 Å². The summed E-state index contributed by atoms with van der Waals surface area (Å²) < 4.78 is 35.2. The number of hydrogen-bond acceptors (Lipinski definition) is 3. The molecule has 1 N–H and O–H groups in total. The summed E-state index contributed by atoms with van der Waals surface area (Å²) in [6, 6.07) is 2.38.